The molecule has 7 nitrogen and oxygen atoms in total. The van der Waals surface area contributed by atoms with Crippen LogP contribution >= 0.6 is 0 Å². The molecule has 1 unspecified atom stereocenters. The number of aromatic nitrogens is 2. The van der Waals surface area contributed by atoms with Gasteiger partial charge in [-0.05, 0) is 6.92 Å². The van der Waals surface area contributed by atoms with E-state index in [1.807, 2.05) is 4.90 Å². The van der Waals surface area contributed by atoms with Crippen molar-refractivity contribution in [2.45, 2.75) is 13.0 Å². The number of H-pyrrole nitrogens is 1. The van der Waals surface area contributed by atoms with Crippen molar-refractivity contribution in [2.75, 3.05) is 31.1 Å². The SMILES string of the molecule is Cc1nc(N2CCN3C(=O)NCC3C2)cc(=O)[nH]1. The fourth-order valence-electron chi connectivity index (χ4n) is 2.54. The molecular formula is C11H15N5O2. The number of carbonyl (C=O) groups is 1. The number of carbonyl (C=O) groups excluding carboxylic acids is 1. The van der Waals surface area contributed by atoms with Crippen molar-refractivity contribution in [2.24, 2.45) is 0 Å². The summed E-state index contributed by atoms with van der Waals surface area (Å²) in [6.45, 7) is 4.53. The van der Waals surface area contributed by atoms with E-state index >= 15 is 0 Å². The van der Waals surface area contributed by atoms with Gasteiger partial charge in [-0.3, -0.25) is 4.79 Å². The fourth-order valence-corrected chi connectivity index (χ4v) is 2.54. The van der Waals surface area contributed by atoms with Crippen molar-refractivity contribution >= 4 is 11.8 Å². The van der Waals surface area contributed by atoms with Crippen LogP contribution in [-0.2, 0) is 0 Å². The zero-order valence-electron chi connectivity index (χ0n) is 10.1. The lowest BCUT2D eigenvalue weighted by Crippen LogP contribution is -2.52. The summed E-state index contributed by atoms with van der Waals surface area (Å²) in [6, 6.07) is 1.69. The minimum atomic E-state index is -0.138. The van der Waals surface area contributed by atoms with E-state index in [-0.39, 0.29) is 17.6 Å². The van der Waals surface area contributed by atoms with Gasteiger partial charge in [0, 0.05) is 32.2 Å². The minimum absolute atomic E-state index is 0.00898. The summed E-state index contributed by atoms with van der Waals surface area (Å²) in [7, 11) is 0. The van der Waals surface area contributed by atoms with Crippen molar-refractivity contribution in [1.82, 2.24) is 20.2 Å². The van der Waals surface area contributed by atoms with Crippen LogP contribution < -0.4 is 15.8 Å². The zero-order valence-corrected chi connectivity index (χ0v) is 10.1. The lowest BCUT2D eigenvalue weighted by atomic mass is 10.2. The molecule has 1 atom stereocenters. The van der Waals surface area contributed by atoms with Crippen molar-refractivity contribution in [3.63, 3.8) is 0 Å². The van der Waals surface area contributed by atoms with Crippen LogP contribution in [0.1, 0.15) is 5.82 Å². The molecule has 0 radical (unpaired) electrons. The Morgan fingerprint density at radius 1 is 1.39 bits per heavy atom. The molecule has 0 aliphatic carbocycles. The van der Waals surface area contributed by atoms with Crippen LogP contribution in [0, 0.1) is 6.92 Å². The quantitative estimate of drug-likeness (QED) is 0.689. The van der Waals surface area contributed by atoms with Gasteiger partial charge >= 0.3 is 6.03 Å². The van der Waals surface area contributed by atoms with E-state index in [4.69, 9.17) is 0 Å². The molecule has 3 heterocycles. The number of nitrogens with one attached hydrogen (secondary N) is 2. The molecule has 2 aliphatic rings. The second-order valence-electron chi connectivity index (χ2n) is 4.67. The summed E-state index contributed by atoms with van der Waals surface area (Å²) in [5.74, 6) is 1.30. The van der Waals surface area contributed by atoms with Gasteiger partial charge in [0.25, 0.3) is 5.56 Å². The Kier molecular flexibility index (Phi) is 2.46. The summed E-state index contributed by atoms with van der Waals surface area (Å²) in [6.07, 6.45) is 0. The number of hydrogen-bond donors (Lipinski definition) is 2. The molecule has 2 saturated heterocycles. The van der Waals surface area contributed by atoms with Gasteiger partial charge in [0.05, 0.1) is 6.04 Å². The molecule has 2 aliphatic heterocycles. The second kappa shape index (κ2) is 4.01. The maximum Gasteiger partial charge on any atom is 0.317 e. The van der Waals surface area contributed by atoms with Crippen molar-refractivity contribution < 1.29 is 4.79 Å². The number of aromatic amines is 1. The molecule has 2 N–H and O–H groups in total. The topological polar surface area (TPSA) is 81.3 Å². The summed E-state index contributed by atoms with van der Waals surface area (Å²) >= 11 is 0. The predicted octanol–water partition coefficient (Wildman–Crippen LogP) is -0.708. The first kappa shape index (κ1) is 11.1. The molecule has 3 rings (SSSR count). The Balaban J connectivity index is 1.82. The summed E-state index contributed by atoms with van der Waals surface area (Å²) < 4.78 is 0. The van der Waals surface area contributed by atoms with E-state index in [2.05, 4.69) is 20.2 Å². The lowest BCUT2D eigenvalue weighted by Gasteiger charge is -2.37. The van der Waals surface area contributed by atoms with E-state index in [1.165, 1.54) is 6.07 Å². The zero-order chi connectivity index (χ0) is 12.7. The number of piperazine rings is 1. The van der Waals surface area contributed by atoms with Gasteiger partial charge in [-0.15, -0.1) is 0 Å². The molecule has 18 heavy (non-hydrogen) atoms. The standard InChI is InChI=1S/C11H15N5O2/c1-7-13-9(4-10(17)14-7)15-2-3-16-8(6-15)5-12-11(16)18/h4,8H,2-3,5-6H2,1H3,(H,12,18)(H,13,14,17). The highest BCUT2D eigenvalue weighted by Crippen LogP contribution is 2.18. The first-order valence-electron chi connectivity index (χ1n) is 6.01. The summed E-state index contributed by atoms with van der Waals surface area (Å²) in [5, 5.41) is 2.83. The fraction of sp³-hybridized carbons (Fsp3) is 0.545. The molecule has 96 valence electrons. The second-order valence-corrected chi connectivity index (χ2v) is 4.67. The van der Waals surface area contributed by atoms with Gasteiger partial charge in [0.2, 0.25) is 0 Å². The smallest absolute Gasteiger partial charge is 0.317 e. The monoisotopic (exact) mass is 249 g/mol. The van der Waals surface area contributed by atoms with Crippen LogP contribution in [-0.4, -0.2) is 53.1 Å². The summed E-state index contributed by atoms with van der Waals surface area (Å²) in [5.41, 5.74) is -0.138. The predicted molar refractivity (Wildman–Crippen MR) is 65.7 cm³/mol. The van der Waals surface area contributed by atoms with Crippen molar-refractivity contribution in [3.8, 4) is 0 Å². The molecule has 0 aromatic carbocycles. The Hall–Kier alpha value is -2.05. The lowest BCUT2D eigenvalue weighted by molar-refractivity contribution is 0.197. The van der Waals surface area contributed by atoms with Crippen LogP contribution in [0.4, 0.5) is 10.6 Å². The number of urea groups is 1. The molecule has 2 amide bonds. The largest absolute Gasteiger partial charge is 0.352 e. The Bertz CT molecular complexity index is 540. The third-order valence-electron chi connectivity index (χ3n) is 3.40. The normalized spacial score (nSPS) is 22.9. The Morgan fingerprint density at radius 3 is 3.00 bits per heavy atom. The molecule has 2 fully saturated rings. The third-order valence-corrected chi connectivity index (χ3v) is 3.40. The molecule has 0 bridgehead atoms. The highest BCUT2D eigenvalue weighted by Gasteiger charge is 2.35. The van der Waals surface area contributed by atoms with Gasteiger partial charge in [-0.2, -0.15) is 0 Å². The number of nitrogens with zero attached hydrogens (tertiary/aromatic N) is 3. The van der Waals surface area contributed by atoms with Crippen molar-refractivity contribution in [1.29, 1.82) is 0 Å². The molecule has 0 saturated carbocycles. The average Bonchev–Trinajstić information content (AvgIpc) is 2.69. The van der Waals surface area contributed by atoms with E-state index in [0.717, 1.165) is 0 Å². The number of rotatable bonds is 1. The first-order chi connectivity index (χ1) is 8.63. The molecule has 1 aromatic heterocycles. The van der Waals surface area contributed by atoms with Gasteiger partial charge < -0.3 is 20.1 Å². The maximum atomic E-state index is 11.5. The van der Waals surface area contributed by atoms with E-state index in [1.54, 1.807) is 6.92 Å². The van der Waals surface area contributed by atoms with Gasteiger partial charge in [-0.1, -0.05) is 0 Å². The minimum Gasteiger partial charge on any atom is -0.352 e. The van der Waals surface area contributed by atoms with Gasteiger partial charge in [0.15, 0.2) is 0 Å². The highest BCUT2D eigenvalue weighted by atomic mass is 16.2. The Morgan fingerprint density at radius 2 is 2.22 bits per heavy atom. The summed E-state index contributed by atoms with van der Waals surface area (Å²) in [4.78, 5) is 33.8. The van der Waals surface area contributed by atoms with Crippen LogP contribution in [0.2, 0.25) is 0 Å². The average molecular weight is 249 g/mol. The highest BCUT2D eigenvalue weighted by molar-refractivity contribution is 5.77. The van der Waals surface area contributed by atoms with E-state index < -0.39 is 0 Å². The number of hydrogen-bond acceptors (Lipinski definition) is 4. The van der Waals surface area contributed by atoms with Crippen molar-refractivity contribution in [3.05, 3.63) is 22.2 Å². The first-order valence-corrected chi connectivity index (χ1v) is 6.01. The van der Waals surface area contributed by atoms with E-state index in [9.17, 15) is 9.59 Å². The maximum absolute atomic E-state index is 11.5. The van der Waals surface area contributed by atoms with Crippen LogP contribution in [0.25, 0.3) is 0 Å². The Labute approximate surface area is 104 Å². The van der Waals surface area contributed by atoms with Crippen LogP contribution in [0.3, 0.4) is 0 Å². The molecule has 0 spiro atoms. The molecule has 7 heteroatoms. The number of anilines is 1. The van der Waals surface area contributed by atoms with Gasteiger partial charge in [0.1, 0.15) is 11.6 Å². The molecular weight excluding hydrogens is 234 g/mol. The van der Waals surface area contributed by atoms with Crippen LogP contribution in [0.5, 0.6) is 0 Å². The third kappa shape index (κ3) is 1.81. The molecule has 1 aromatic rings. The van der Waals surface area contributed by atoms with Gasteiger partial charge in [-0.25, -0.2) is 9.78 Å². The van der Waals surface area contributed by atoms with E-state index in [0.29, 0.717) is 37.8 Å². The number of aryl methyl sites for hydroxylation is 1. The van der Waals surface area contributed by atoms with Crippen LogP contribution in [0.15, 0.2) is 10.9 Å². The number of fused-ring (bicyclic) bond motifs is 1. The number of amides is 2.